The van der Waals surface area contributed by atoms with Gasteiger partial charge in [0, 0.05) is 70.8 Å². The van der Waals surface area contributed by atoms with Gasteiger partial charge >= 0.3 is 11.9 Å². The minimum Gasteiger partial charge on any atom is -0.469 e. The number of thiazole rings is 2. The molecule has 0 saturated carbocycles. The van der Waals surface area contributed by atoms with Crippen molar-refractivity contribution in [2.24, 2.45) is 7.05 Å². The highest BCUT2D eigenvalue weighted by Gasteiger charge is 2.39. The van der Waals surface area contributed by atoms with Gasteiger partial charge in [-0.3, -0.25) is 19.2 Å². The van der Waals surface area contributed by atoms with Gasteiger partial charge in [-0.15, -0.1) is 22.7 Å². The predicted molar refractivity (Wildman–Crippen MR) is 257 cm³/mol. The second-order valence-corrected chi connectivity index (χ2v) is 19.4. The molecule has 18 heteroatoms. The number of nitrogens with zero attached hydrogens (tertiary/aromatic N) is 4. The number of esters is 2. The van der Waals surface area contributed by atoms with Crippen molar-refractivity contribution in [2.45, 2.75) is 117 Å². The lowest BCUT2D eigenvalue weighted by Crippen LogP contribution is -2.33. The van der Waals surface area contributed by atoms with Gasteiger partial charge in [0.2, 0.25) is 5.91 Å². The van der Waals surface area contributed by atoms with E-state index < -0.39 is 0 Å². The second-order valence-electron chi connectivity index (χ2n) is 16.3. The topological polar surface area (TPSA) is 163 Å². The molecular weight excluding hydrogens is 912 g/mol. The van der Waals surface area contributed by atoms with Gasteiger partial charge in [-0.2, -0.15) is 0 Å². The van der Waals surface area contributed by atoms with E-state index in [0.29, 0.717) is 54.1 Å². The summed E-state index contributed by atoms with van der Waals surface area (Å²) in [6.45, 7) is 9.35. The molecule has 0 unspecified atom stereocenters. The Balaban J connectivity index is 0.000000317. The number of amides is 2. The van der Waals surface area contributed by atoms with Crippen LogP contribution in [0.15, 0.2) is 55.0 Å². The van der Waals surface area contributed by atoms with Crippen LogP contribution in [-0.4, -0.2) is 94.9 Å². The molecule has 2 fully saturated rings. The molecule has 2 amide bonds. The zero-order chi connectivity index (χ0) is 46.1. The van der Waals surface area contributed by atoms with Gasteiger partial charge in [0.05, 0.1) is 86.3 Å². The summed E-state index contributed by atoms with van der Waals surface area (Å²) in [5, 5.41) is 9.62. The van der Waals surface area contributed by atoms with Crippen LogP contribution in [-0.2, 0) is 59.6 Å². The van der Waals surface area contributed by atoms with E-state index in [1.54, 1.807) is 40.8 Å². The molecule has 0 bridgehead atoms. The SMILES string of the molecule is C.COC(=O)CCc1cnc([C@@H]2C[C@H](OC(C)C)CN2)s1.COC(=O)CCc1cnc([C@@H]2C[C@H](OC(C)C)CN2C(=O)Cc2cc(Cl)c(NC(=O)c3cn(C)c4ccccc34)cc2Cl)s1. The van der Waals surface area contributed by atoms with Crippen molar-refractivity contribution >= 4 is 86.2 Å². The third-order valence-electron chi connectivity index (χ3n) is 10.8. The molecule has 5 aromatic rings. The number of carbonyl (C=O) groups excluding carboxylic acids is 4. The number of nitrogens with one attached hydrogen (secondary N) is 2. The Hall–Kier alpha value is -4.42. The van der Waals surface area contributed by atoms with Crippen LogP contribution < -0.4 is 10.6 Å². The first-order chi connectivity index (χ1) is 30.6. The van der Waals surface area contributed by atoms with E-state index in [-0.39, 0.29) is 85.5 Å². The van der Waals surface area contributed by atoms with Crippen LogP contribution in [0.5, 0.6) is 0 Å². The zero-order valence-electron chi connectivity index (χ0n) is 37.2. The average Bonchev–Trinajstić information content (AvgIpc) is 4.12. The van der Waals surface area contributed by atoms with Crippen molar-refractivity contribution in [3.63, 3.8) is 0 Å². The highest BCUT2D eigenvalue weighted by molar-refractivity contribution is 7.12. The first-order valence-electron chi connectivity index (χ1n) is 21.3. The van der Waals surface area contributed by atoms with Gasteiger partial charge < -0.3 is 39.0 Å². The Morgan fingerprint density at radius 1 is 0.862 bits per heavy atom. The largest absolute Gasteiger partial charge is 0.469 e. The smallest absolute Gasteiger partial charge is 0.305 e. The quantitative estimate of drug-likeness (QED) is 0.0907. The molecule has 2 aliphatic rings. The van der Waals surface area contributed by atoms with Crippen molar-refractivity contribution in [1.82, 2.24) is 24.8 Å². The van der Waals surface area contributed by atoms with Gasteiger partial charge in [-0.25, -0.2) is 9.97 Å². The number of hydrogen-bond donors (Lipinski definition) is 2. The van der Waals surface area contributed by atoms with Crippen LogP contribution in [0.25, 0.3) is 10.9 Å². The number of likely N-dealkylation sites (tertiary alicyclic amines) is 1. The van der Waals surface area contributed by atoms with Gasteiger partial charge in [0.15, 0.2) is 0 Å². The molecule has 14 nitrogen and oxygen atoms in total. The molecule has 2 aromatic carbocycles. The van der Waals surface area contributed by atoms with E-state index in [1.807, 2.05) is 55.9 Å². The molecule has 2 N–H and O–H groups in total. The normalized spacial score (nSPS) is 18.1. The summed E-state index contributed by atoms with van der Waals surface area (Å²) in [4.78, 5) is 62.6. The number of para-hydroxylation sites is 1. The molecule has 2 saturated heterocycles. The number of methoxy groups -OCH3 is 2. The predicted octanol–water partition coefficient (Wildman–Crippen LogP) is 9.32. The van der Waals surface area contributed by atoms with E-state index in [0.717, 1.165) is 43.6 Å². The second kappa shape index (κ2) is 23.9. The molecule has 0 radical (unpaired) electrons. The number of hydrogen-bond acceptors (Lipinski definition) is 13. The van der Waals surface area contributed by atoms with Crippen LogP contribution in [0, 0.1) is 0 Å². The van der Waals surface area contributed by atoms with Crippen LogP contribution in [0.3, 0.4) is 0 Å². The zero-order valence-corrected chi connectivity index (χ0v) is 40.3. The molecule has 65 heavy (non-hydrogen) atoms. The van der Waals surface area contributed by atoms with E-state index in [9.17, 15) is 19.2 Å². The number of aryl methyl sites for hydroxylation is 3. The maximum atomic E-state index is 13.7. The molecule has 3 aromatic heterocycles. The molecule has 352 valence electrons. The minimum atomic E-state index is -0.311. The lowest BCUT2D eigenvalue weighted by atomic mass is 10.1. The monoisotopic (exact) mass is 970 g/mol. The lowest BCUT2D eigenvalue weighted by Gasteiger charge is -2.23. The van der Waals surface area contributed by atoms with Crippen LogP contribution in [0.4, 0.5) is 5.69 Å². The van der Waals surface area contributed by atoms with Crippen molar-refractivity contribution in [3.8, 4) is 0 Å². The van der Waals surface area contributed by atoms with E-state index in [1.165, 1.54) is 25.6 Å². The Morgan fingerprint density at radius 3 is 2.12 bits per heavy atom. The summed E-state index contributed by atoms with van der Waals surface area (Å²) < 4.78 is 23.2. The average molecular weight is 972 g/mol. The number of fused-ring (bicyclic) bond motifs is 1. The number of anilines is 1. The number of ether oxygens (including phenoxy) is 4. The van der Waals surface area contributed by atoms with Gasteiger partial charge in [0.25, 0.3) is 5.91 Å². The molecule has 7 rings (SSSR count). The van der Waals surface area contributed by atoms with Crippen LogP contribution in [0.2, 0.25) is 10.0 Å². The molecule has 5 heterocycles. The molecule has 0 aliphatic carbocycles. The van der Waals surface area contributed by atoms with Crippen molar-refractivity contribution in [3.05, 3.63) is 95.9 Å². The highest BCUT2D eigenvalue weighted by atomic mass is 35.5. The van der Waals surface area contributed by atoms with E-state index in [2.05, 4.69) is 39.2 Å². The third-order valence-corrected chi connectivity index (χ3v) is 13.8. The first-order valence-corrected chi connectivity index (χ1v) is 23.7. The standard InChI is InChI=1S/C32H34Cl2N4O5S.C14H22N2O3S.CH4/c1-18(2)43-20-13-28(32-35-15-21(44-32)9-10-30(40)42-4)38(16-20)29(39)12-19-11-25(34)26(14-24(19)33)36-31(41)23-17-37(3)27-8-6-5-7-22(23)27;1-9(2)19-10-6-12(15-7-10)14-16-8-11(20-14)4-5-13(17)18-3;/h5-8,11,14-15,17-18,20,28H,9-10,12-13,16H2,1-4H3,(H,36,41);8-10,12,15H,4-7H2,1-3H3;1H4/t20-,28-;10-,12-;/m00./s1. The molecular formula is C47H60Cl2N6O8S2. The Kier molecular flexibility index (Phi) is 18.9. The fourth-order valence-electron chi connectivity index (χ4n) is 7.81. The van der Waals surface area contributed by atoms with Crippen molar-refractivity contribution in [2.75, 3.05) is 32.6 Å². The summed E-state index contributed by atoms with van der Waals surface area (Å²) >= 11 is 16.4. The van der Waals surface area contributed by atoms with Crippen LogP contribution >= 0.6 is 45.9 Å². The summed E-state index contributed by atoms with van der Waals surface area (Å²) in [6.07, 6.45) is 9.26. The first kappa shape index (κ1) is 51.6. The Morgan fingerprint density at radius 2 is 1.48 bits per heavy atom. The maximum absolute atomic E-state index is 13.7. The lowest BCUT2D eigenvalue weighted by molar-refractivity contribution is -0.141. The number of halogens is 2. The number of benzene rings is 2. The summed E-state index contributed by atoms with van der Waals surface area (Å²) in [5.74, 6) is -0.905. The highest BCUT2D eigenvalue weighted by Crippen LogP contribution is 2.38. The van der Waals surface area contributed by atoms with E-state index in [4.69, 9.17) is 37.4 Å². The minimum absolute atomic E-state index is 0. The van der Waals surface area contributed by atoms with Gasteiger partial charge in [-0.05, 0) is 70.7 Å². The summed E-state index contributed by atoms with van der Waals surface area (Å²) in [5.41, 5.74) is 2.36. The Labute approximate surface area is 399 Å². The summed E-state index contributed by atoms with van der Waals surface area (Å²) in [6, 6.07) is 10.9. The van der Waals surface area contributed by atoms with Gasteiger partial charge in [0.1, 0.15) is 10.0 Å². The fourth-order valence-corrected chi connectivity index (χ4v) is 10.3. The number of aromatic nitrogens is 3. The van der Waals surface area contributed by atoms with Gasteiger partial charge in [-0.1, -0.05) is 48.8 Å². The Bertz CT molecular complexity index is 2420. The van der Waals surface area contributed by atoms with Crippen molar-refractivity contribution < 1.29 is 38.1 Å². The number of rotatable bonds is 16. The molecule has 0 spiro atoms. The van der Waals surface area contributed by atoms with Crippen LogP contribution in [0.1, 0.15) is 109 Å². The maximum Gasteiger partial charge on any atom is 0.305 e. The fraction of sp³-hybridized carbons (Fsp3) is 0.489. The number of carbonyl (C=O) groups is 4. The molecule has 4 atom stereocenters. The third kappa shape index (κ3) is 13.8. The molecule has 2 aliphatic heterocycles. The van der Waals surface area contributed by atoms with Crippen molar-refractivity contribution in [1.29, 1.82) is 0 Å². The summed E-state index contributed by atoms with van der Waals surface area (Å²) in [7, 11) is 4.67. The van der Waals surface area contributed by atoms with E-state index >= 15 is 0 Å².